The minimum Gasteiger partial charge on any atom is -0.493 e. The van der Waals surface area contributed by atoms with Crippen LogP contribution in [0, 0.1) is 5.92 Å². The van der Waals surface area contributed by atoms with Crippen LogP contribution in [0.3, 0.4) is 0 Å². The molecule has 0 saturated carbocycles. The maximum absolute atomic E-state index is 6.05. The Bertz CT molecular complexity index is 738. The Morgan fingerprint density at radius 1 is 1.04 bits per heavy atom. The Balaban J connectivity index is 0.00000392. The van der Waals surface area contributed by atoms with Crippen LogP contribution in [-0.2, 0) is 6.54 Å². The predicted molar refractivity (Wildman–Crippen MR) is 127 cm³/mol. The molecule has 0 fully saturated rings. The van der Waals surface area contributed by atoms with Crippen LogP contribution in [0.15, 0.2) is 53.5 Å². The molecular weight excluding hydrogens is 467 g/mol. The lowest BCUT2D eigenvalue weighted by Gasteiger charge is -2.24. The van der Waals surface area contributed by atoms with Gasteiger partial charge in [0.25, 0.3) is 0 Å². The van der Waals surface area contributed by atoms with Crippen molar-refractivity contribution in [2.24, 2.45) is 16.6 Å². The van der Waals surface area contributed by atoms with E-state index in [2.05, 4.69) is 41.6 Å². The van der Waals surface area contributed by atoms with Gasteiger partial charge in [0.05, 0.1) is 20.8 Å². The van der Waals surface area contributed by atoms with E-state index in [-0.39, 0.29) is 30.0 Å². The van der Waals surface area contributed by atoms with Gasteiger partial charge in [0, 0.05) is 18.3 Å². The van der Waals surface area contributed by atoms with E-state index in [0.717, 1.165) is 11.3 Å². The van der Waals surface area contributed by atoms with Crippen LogP contribution >= 0.6 is 24.0 Å². The minimum atomic E-state index is 0. The summed E-state index contributed by atoms with van der Waals surface area (Å²) in [5, 5.41) is 6.75. The maximum Gasteiger partial charge on any atom is 0.188 e. The number of aliphatic imine (C=N–C) groups is 1. The third-order valence-electron chi connectivity index (χ3n) is 4.31. The molecule has 2 rings (SSSR count). The number of methoxy groups -OCH3 is 2. The van der Waals surface area contributed by atoms with Gasteiger partial charge in [-0.15, -0.1) is 24.0 Å². The zero-order valence-electron chi connectivity index (χ0n) is 16.9. The number of nitrogens with one attached hydrogen (secondary N) is 2. The molecule has 0 radical (unpaired) electrons. The van der Waals surface area contributed by atoms with E-state index in [1.807, 2.05) is 36.4 Å². The molecule has 6 nitrogen and oxygen atoms in total. The van der Waals surface area contributed by atoms with Crippen molar-refractivity contribution in [3.8, 4) is 11.5 Å². The highest BCUT2D eigenvalue weighted by atomic mass is 127. The lowest BCUT2D eigenvalue weighted by molar-refractivity contribution is 0.354. The van der Waals surface area contributed by atoms with Crippen LogP contribution in [0.2, 0.25) is 0 Å². The second-order valence-corrected chi connectivity index (χ2v) is 6.63. The molecule has 1 atom stereocenters. The Labute approximate surface area is 184 Å². The van der Waals surface area contributed by atoms with Gasteiger partial charge >= 0.3 is 0 Å². The number of rotatable bonds is 9. The molecule has 2 aromatic rings. The number of guanidine groups is 1. The van der Waals surface area contributed by atoms with Crippen molar-refractivity contribution in [1.82, 2.24) is 5.32 Å². The molecule has 0 spiro atoms. The molecule has 0 aromatic heterocycles. The molecule has 0 amide bonds. The third-order valence-corrected chi connectivity index (χ3v) is 4.31. The van der Waals surface area contributed by atoms with Crippen LogP contribution in [0.4, 0.5) is 5.69 Å². The average molecular weight is 498 g/mol. The SMILES string of the molecule is COc1ccc(CN=C(N)NCC(Nc2ccccc2)C(C)C)cc1OC.I. The number of benzene rings is 2. The van der Waals surface area contributed by atoms with E-state index in [4.69, 9.17) is 15.2 Å². The molecule has 7 heteroatoms. The van der Waals surface area contributed by atoms with Crippen molar-refractivity contribution in [3.05, 3.63) is 54.1 Å². The van der Waals surface area contributed by atoms with Crippen molar-refractivity contribution < 1.29 is 9.47 Å². The molecule has 4 N–H and O–H groups in total. The predicted octanol–water partition coefficient (Wildman–Crippen LogP) is 3.86. The fraction of sp³-hybridized carbons (Fsp3) is 0.381. The first-order valence-corrected chi connectivity index (χ1v) is 9.09. The van der Waals surface area contributed by atoms with Crippen LogP contribution in [0.1, 0.15) is 19.4 Å². The van der Waals surface area contributed by atoms with Gasteiger partial charge in [-0.05, 0) is 35.7 Å². The van der Waals surface area contributed by atoms with E-state index in [1.54, 1.807) is 14.2 Å². The Kier molecular flexibility index (Phi) is 10.5. The van der Waals surface area contributed by atoms with Crippen molar-refractivity contribution in [3.63, 3.8) is 0 Å². The average Bonchev–Trinajstić information content (AvgIpc) is 2.69. The second kappa shape index (κ2) is 12.3. The van der Waals surface area contributed by atoms with E-state index >= 15 is 0 Å². The van der Waals surface area contributed by atoms with Crippen LogP contribution in [0.5, 0.6) is 11.5 Å². The highest BCUT2D eigenvalue weighted by Gasteiger charge is 2.13. The quantitative estimate of drug-likeness (QED) is 0.278. The van der Waals surface area contributed by atoms with Crippen LogP contribution in [0.25, 0.3) is 0 Å². The van der Waals surface area contributed by atoms with Crippen molar-refractivity contribution >= 4 is 35.6 Å². The zero-order chi connectivity index (χ0) is 19.6. The summed E-state index contributed by atoms with van der Waals surface area (Å²) in [6, 6.07) is 16.1. The molecule has 154 valence electrons. The molecule has 0 saturated heterocycles. The first-order valence-electron chi connectivity index (χ1n) is 9.09. The highest BCUT2D eigenvalue weighted by Crippen LogP contribution is 2.27. The highest BCUT2D eigenvalue weighted by molar-refractivity contribution is 14.0. The molecule has 2 aromatic carbocycles. The summed E-state index contributed by atoms with van der Waals surface area (Å²) >= 11 is 0. The van der Waals surface area contributed by atoms with E-state index in [0.29, 0.717) is 36.5 Å². The number of nitrogens with two attached hydrogens (primary N) is 1. The van der Waals surface area contributed by atoms with Gasteiger partial charge < -0.3 is 25.8 Å². The second-order valence-electron chi connectivity index (χ2n) is 6.63. The first kappa shape index (κ1) is 23.9. The number of anilines is 1. The summed E-state index contributed by atoms with van der Waals surface area (Å²) in [5.41, 5.74) is 8.14. The van der Waals surface area contributed by atoms with Gasteiger partial charge in [-0.3, -0.25) is 0 Å². The van der Waals surface area contributed by atoms with Gasteiger partial charge in [0.15, 0.2) is 17.5 Å². The molecule has 0 heterocycles. The molecule has 0 aliphatic carbocycles. The Morgan fingerprint density at radius 2 is 1.71 bits per heavy atom. The Hall–Kier alpha value is -2.16. The third kappa shape index (κ3) is 7.46. The lowest BCUT2D eigenvalue weighted by Crippen LogP contribution is -2.42. The fourth-order valence-electron chi connectivity index (χ4n) is 2.63. The van der Waals surface area contributed by atoms with Gasteiger partial charge in [0.1, 0.15) is 0 Å². The van der Waals surface area contributed by atoms with Gasteiger partial charge in [0.2, 0.25) is 0 Å². The van der Waals surface area contributed by atoms with E-state index in [9.17, 15) is 0 Å². The maximum atomic E-state index is 6.05. The molecule has 0 aliphatic heterocycles. The number of para-hydroxylation sites is 1. The summed E-state index contributed by atoms with van der Waals surface area (Å²) in [6.07, 6.45) is 0. The first-order chi connectivity index (χ1) is 13.0. The van der Waals surface area contributed by atoms with E-state index in [1.165, 1.54) is 0 Å². The van der Waals surface area contributed by atoms with Crippen molar-refractivity contribution in [2.45, 2.75) is 26.4 Å². The number of ether oxygens (including phenoxy) is 2. The number of hydrogen-bond acceptors (Lipinski definition) is 4. The topological polar surface area (TPSA) is 80.9 Å². The molecular formula is C21H31IN4O2. The number of hydrogen-bond donors (Lipinski definition) is 3. The molecule has 0 bridgehead atoms. The van der Waals surface area contributed by atoms with Gasteiger partial charge in [-0.25, -0.2) is 4.99 Å². The largest absolute Gasteiger partial charge is 0.493 e. The van der Waals surface area contributed by atoms with Crippen molar-refractivity contribution in [2.75, 3.05) is 26.1 Å². The minimum absolute atomic E-state index is 0. The van der Waals surface area contributed by atoms with E-state index < -0.39 is 0 Å². The summed E-state index contributed by atoms with van der Waals surface area (Å²) < 4.78 is 10.6. The van der Waals surface area contributed by atoms with Crippen LogP contribution in [-0.4, -0.2) is 32.8 Å². The number of nitrogens with zero attached hydrogens (tertiary/aromatic N) is 1. The summed E-state index contributed by atoms with van der Waals surface area (Å²) in [4.78, 5) is 4.42. The number of halogens is 1. The molecule has 1 unspecified atom stereocenters. The smallest absolute Gasteiger partial charge is 0.188 e. The fourth-order valence-corrected chi connectivity index (χ4v) is 2.63. The zero-order valence-corrected chi connectivity index (χ0v) is 19.3. The summed E-state index contributed by atoms with van der Waals surface area (Å²) in [7, 11) is 3.23. The standard InChI is InChI=1S/C21H30N4O2.HI/c1-15(2)18(25-17-8-6-5-7-9-17)14-24-21(22)23-13-16-10-11-19(26-3)20(12-16)27-4;/h5-12,15,18,25H,13-14H2,1-4H3,(H3,22,23,24);1H. The van der Waals surface area contributed by atoms with Gasteiger partial charge in [-0.1, -0.05) is 38.1 Å². The lowest BCUT2D eigenvalue weighted by atomic mass is 10.0. The monoisotopic (exact) mass is 498 g/mol. The van der Waals surface area contributed by atoms with Gasteiger partial charge in [-0.2, -0.15) is 0 Å². The Morgan fingerprint density at radius 3 is 2.32 bits per heavy atom. The summed E-state index contributed by atoms with van der Waals surface area (Å²) in [6.45, 7) is 5.52. The van der Waals surface area contributed by atoms with Crippen molar-refractivity contribution in [1.29, 1.82) is 0 Å². The molecule has 28 heavy (non-hydrogen) atoms. The van der Waals surface area contributed by atoms with Crippen LogP contribution < -0.4 is 25.8 Å². The molecule has 0 aliphatic rings. The summed E-state index contributed by atoms with van der Waals surface area (Å²) in [5.74, 6) is 2.24. The normalized spacial score (nSPS) is 12.1.